The van der Waals surface area contributed by atoms with Crippen molar-refractivity contribution in [2.24, 2.45) is 0 Å². The van der Waals surface area contributed by atoms with Crippen LogP contribution < -0.4 is 10.6 Å². The Hall–Kier alpha value is -2.03. The normalized spacial score (nSPS) is 11.2. The molecule has 23 heavy (non-hydrogen) atoms. The van der Waals surface area contributed by atoms with Crippen molar-refractivity contribution in [1.29, 1.82) is 5.26 Å². The van der Waals surface area contributed by atoms with Crippen LogP contribution in [0, 0.1) is 18.3 Å². The molecule has 1 rings (SSSR count). The Kier molecular flexibility index (Phi) is 8.17. The second kappa shape index (κ2) is 9.88. The fraction of sp³-hybridized carbons (Fsp3) is 0.412. The molecule has 0 radical (unpaired) electrons. The van der Waals surface area contributed by atoms with Crippen LogP contribution in [0.3, 0.4) is 0 Å². The molecule has 2 N–H and O–H groups in total. The summed E-state index contributed by atoms with van der Waals surface area (Å²) in [4.78, 5) is 12.0. The maximum atomic E-state index is 12.0. The van der Waals surface area contributed by atoms with Crippen molar-refractivity contribution in [3.63, 3.8) is 0 Å². The SMILES string of the molecule is Cc1ccc(NC(=O)/C(C#N)=C\NCCCOC(C)C)cc1Cl. The lowest BCUT2D eigenvalue weighted by molar-refractivity contribution is -0.112. The number of ether oxygens (including phenoxy) is 1. The maximum absolute atomic E-state index is 12.0. The summed E-state index contributed by atoms with van der Waals surface area (Å²) < 4.78 is 5.41. The third-order valence-electron chi connectivity index (χ3n) is 2.96. The first-order chi connectivity index (χ1) is 10.9. The minimum atomic E-state index is -0.474. The number of nitriles is 1. The van der Waals surface area contributed by atoms with Gasteiger partial charge in [0.1, 0.15) is 11.6 Å². The second-order valence-corrected chi connectivity index (χ2v) is 5.72. The van der Waals surface area contributed by atoms with Gasteiger partial charge in [-0.3, -0.25) is 4.79 Å². The predicted octanol–water partition coefficient (Wildman–Crippen LogP) is 3.40. The number of carbonyl (C=O) groups is 1. The molecule has 0 atom stereocenters. The van der Waals surface area contributed by atoms with Gasteiger partial charge in [0.25, 0.3) is 5.91 Å². The number of rotatable bonds is 8. The van der Waals surface area contributed by atoms with Crippen molar-refractivity contribution >= 4 is 23.2 Å². The molecular formula is C17H22ClN3O2. The van der Waals surface area contributed by atoms with E-state index in [-0.39, 0.29) is 11.7 Å². The van der Waals surface area contributed by atoms with Crippen molar-refractivity contribution in [3.8, 4) is 6.07 Å². The van der Waals surface area contributed by atoms with Gasteiger partial charge in [-0.25, -0.2) is 0 Å². The largest absolute Gasteiger partial charge is 0.390 e. The first-order valence-electron chi connectivity index (χ1n) is 7.46. The van der Waals surface area contributed by atoms with E-state index >= 15 is 0 Å². The molecule has 0 fully saturated rings. The zero-order valence-corrected chi connectivity index (χ0v) is 14.4. The summed E-state index contributed by atoms with van der Waals surface area (Å²) >= 11 is 6.01. The fourth-order valence-electron chi connectivity index (χ4n) is 1.69. The lowest BCUT2D eigenvalue weighted by Crippen LogP contribution is -2.18. The molecule has 0 bridgehead atoms. The fourth-order valence-corrected chi connectivity index (χ4v) is 1.87. The van der Waals surface area contributed by atoms with Gasteiger partial charge in [-0.1, -0.05) is 17.7 Å². The molecule has 5 nitrogen and oxygen atoms in total. The highest BCUT2D eigenvalue weighted by molar-refractivity contribution is 6.31. The number of carbonyl (C=O) groups excluding carboxylic acids is 1. The van der Waals surface area contributed by atoms with E-state index in [4.69, 9.17) is 21.6 Å². The number of nitrogens with one attached hydrogen (secondary N) is 2. The van der Waals surface area contributed by atoms with Crippen LogP contribution in [0.25, 0.3) is 0 Å². The van der Waals surface area contributed by atoms with Crippen LogP contribution in [0.5, 0.6) is 0 Å². The van der Waals surface area contributed by atoms with E-state index in [0.717, 1.165) is 12.0 Å². The summed E-state index contributed by atoms with van der Waals surface area (Å²) in [5.74, 6) is -0.474. The van der Waals surface area contributed by atoms with E-state index in [1.165, 1.54) is 6.20 Å². The van der Waals surface area contributed by atoms with Crippen LogP contribution in [-0.2, 0) is 9.53 Å². The molecule has 0 saturated carbocycles. The summed E-state index contributed by atoms with van der Waals surface area (Å²) in [6, 6.07) is 7.08. The second-order valence-electron chi connectivity index (χ2n) is 5.32. The zero-order chi connectivity index (χ0) is 17.2. The quantitative estimate of drug-likeness (QED) is 0.434. The van der Waals surface area contributed by atoms with Gasteiger partial charge in [-0.2, -0.15) is 5.26 Å². The van der Waals surface area contributed by atoms with Crippen LogP contribution >= 0.6 is 11.6 Å². The van der Waals surface area contributed by atoms with Gasteiger partial charge >= 0.3 is 0 Å². The summed E-state index contributed by atoms with van der Waals surface area (Å²) in [7, 11) is 0. The van der Waals surface area contributed by atoms with E-state index in [2.05, 4.69) is 10.6 Å². The van der Waals surface area contributed by atoms with Crippen LogP contribution in [0.1, 0.15) is 25.8 Å². The average Bonchev–Trinajstić information content (AvgIpc) is 2.50. The molecule has 0 spiro atoms. The number of hydrogen-bond acceptors (Lipinski definition) is 4. The smallest absolute Gasteiger partial charge is 0.267 e. The number of hydrogen-bond donors (Lipinski definition) is 2. The summed E-state index contributed by atoms with van der Waals surface area (Å²) in [5.41, 5.74) is 1.48. The first-order valence-corrected chi connectivity index (χ1v) is 7.84. The molecule has 1 aromatic rings. The summed E-state index contributed by atoms with van der Waals surface area (Å²) in [5, 5.41) is 15.2. The summed E-state index contributed by atoms with van der Waals surface area (Å²) in [6.07, 6.45) is 2.41. The van der Waals surface area contributed by atoms with Crippen molar-refractivity contribution in [2.75, 3.05) is 18.5 Å². The lowest BCUT2D eigenvalue weighted by Gasteiger charge is -2.08. The monoisotopic (exact) mass is 335 g/mol. The van der Waals surface area contributed by atoms with Gasteiger partial charge < -0.3 is 15.4 Å². The highest BCUT2D eigenvalue weighted by Gasteiger charge is 2.09. The minimum Gasteiger partial charge on any atom is -0.390 e. The molecule has 1 aromatic carbocycles. The highest BCUT2D eigenvalue weighted by atomic mass is 35.5. The Balaban J connectivity index is 2.49. The maximum Gasteiger partial charge on any atom is 0.267 e. The van der Waals surface area contributed by atoms with E-state index in [1.54, 1.807) is 18.2 Å². The lowest BCUT2D eigenvalue weighted by atomic mass is 10.2. The number of nitrogens with zero attached hydrogens (tertiary/aromatic N) is 1. The van der Waals surface area contributed by atoms with Crippen molar-refractivity contribution in [3.05, 3.63) is 40.6 Å². The van der Waals surface area contributed by atoms with E-state index in [1.807, 2.05) is 26.8 Å². The Labute approximate surface area is 142 Å². The van der Waals surface area contributed by atoms with E-state index in [9.17, 15) is 4.79 Å². The van der Waals surface area contributed by atoms with Gasteiger partial charge in [0.15, 0.2) is 0 Å². The molecule has 0 saturated heterocycles. The van der Waals surface area contributed by atoms with Crippen molar-refractivity contribution in [1.82, 2.24) is 5.32 Å². The van der Waals surface area contributed by atoms with Crippen LogP contribution in [-0.4, -0.2) is 25.2 Å². The number of anilines is 1. The van der Waals surface area contributed by atoms with Gasteiger partial charge in [0.05, 0.1) is 6.10 Å². The topological polar surface area (TPSA) is 74.2 Å². The Bertz CT molecular complexity index is 606. The molecule has 0 heterocycles. The predicted molar refractivity (Wildman–Crippen MR) is 92.2 cm³/mol. The average molecular weight is 336 g/mol. The molecule has 6 heteroatoms. The molecule has 0 aliphatic rings. The zero-order valence-electron chi connectivity index (χ0n) is 13.6. The number of benzene rings is 1. The standard InChI is InChI=1S/C17H22ClN3O2/c1-12(2)23-8-4-7-20-11-14(10-19)17(22)21-15-6-5-13(3)16(18)9-15/h5-6,9,11-12,20H,4,7-8H2,1-3H3,(H,21,22)/b14-11-. The Morgan fingerprint density at radius 2 is 2.22 bits per heavy atom. The van der Waals surface area contributed by atoms with Gasteiger partial charge in [-0.15, -0.1) is 0 Å². The van der Waals surface area contributed by atoms with Crippen molar-refractivity contribution < 1.29 is 9.53 Å². The number of amides is 1. The highest BCUT2D eigenvalue weighted by Crippen LogP contribution is 2.20. The van der Waals surface area contributed by atoms with E-state index < -0.39 is 5.91 Å². The summed E-state index contributed by atoms with van der Waals surface area (Å²) in [6.45, 7) is 7.09. The molecule has 1 amide bonds. The van der Waals surface area contributed by atoms with Crippen LogP contribution in [0.15, 0.2) is 30.0 Å². The third-order valence-corrected chi connectivity index (χ3v) is 3.37. The van der Waals surface area contributed by atoms with Crippen molar-refractivity contribution in [2.45, 2.75) is 33.3 Å². The van der Waals surface area contributed by atoms with E-state index in [0.29, 0.717) is 23.9 Å². The molecule has 0 aromatic heterocycles. The van der Waals surface area contributed by atoms with Crippen LogP contribution in [0.2, 0.25) is 5.02 Å². The number of halogens is 1. The first kappa shape index (κ1) is 19.0. The van der Waals surface area contributed by atoms with Gasteiger partial charge in [-0.05, 0) is 44.9 Å². The molecular weight excluding hydrogens is 314 g/mol. The van der Waals surface area contributed by atoms with Crippen LogP contribution in [0.4, 0.5) is 5.69 Å². The van der Waals surface area contributed by atoms with Gasteiger partial charge in [0, 0.05) is 30.1 Å². The molecule has 124 valence electrons. The van der Waals surface area contributed by atoms with Gasteiger partial charge in [0.2, 0.25) is 0 Å². The third kappa shape index (κ3) is 7.18. The Morgan fingerprint density at radius 1 is 1.48 bits per heavy atom. The molecule has 0 unspecified atom stereocenters. The Morgan fingerprint density at radius 3 is 2.83 bits per heavy atom. The molecule has 0 aliphatic carbocycles. The minimum absolute atomic E-state index is 0.00600. The number of aryl methyl sites for hydroxylation is 1. The molecule has 0 aliphatic heterocycles.